The molecular weight excluding hydrogens is 210 g/mol. The average molecular weight is 223 g/mol. The van der Waals surface area contributed by atoms with Crippen LogP contribution >= 0.6 is 0 Å². The maximum absolute atomic E-state index is 11.5. The number of allylic oxidation sites excluding steroid dienone is 1. The van der Waals surface area contributed by atoms with Gasteiger partial charge in [-0.05, 0) is 42.7 Å². The fourth-order valence-corrected chi connectivity index (χ4v) is 1.86. The Morgan fingerprint density at radius 3 is 2.94 bits per heavy atom. The molecule has 0 radical (unpaired) electrons. The molecule has 0 bridgehead atoms. The summed E-state index contributed by atoms with van der Waals surface area (Å²) in [5.74, 6) is 0.540. The van der Waals surface area contributed by atoms with E-state index >= 15 is 0 Å². The zero-order chi connectivity index (χ0) is 11.7. The largest absolute Gasteiger partial charge is 0.295 e. The summed E-state index contributed by atoms with van der Waals surface area (Å²) >= 11 is 0. The monoisotopic (exact) mass is 223 g/mol. The van der Waals surface area contributed by atoms with Crippen LogP contribution in [0.2, 0.25) is 0 Å². The molecule has 0 aliphatic heterocycles. The minimum atomic E-state index is 0.248. The number of pyridine rings is 1. The lowest BCUT2D eigenvalue weighted by Gasteiger charge is -1.98. The molecule has 0 N–H and O–H groups in total. The lowest BCUT2D eigenvalue weighted by Crippen LogP contribution is -1.93. The smallest absolute Gasteiger partial charge is 0.158 e. The average Bonchev–Trinajstić information content (AvgIpc) is 3.20. The molecule has 0 unspecified atom stereocenters. The number of carbonyl (C=O) groups excluding carboxylic acids is 1. The van der Waals surface area contributed by atoms with E-state index in [-0.39, 0.29) is 5.78 Å². The van der Waals surface area contributed by atoms with Crippen molar-refractivity contribution in [1.29, 1.82) is 0 Å². The molecule has 84 valence electrons. The topological polar surface area (TPSA) is 30.0 Å². The molecule has 17 heavy (non-hydrogen) atoms. The fourth-order valence-electron chi connectivity index (χ4n) is 1.86. The zero-order valence-electron chi connectivity index (χ0n) is 9.47. The Kier molecular flexibility index (Phi) is 2.48. The van der Waals surface area contributed by atoms with Crippen LogP contribution in [0.5, 0.6) is 0 Å². The standard InChI is InChI=1S/C15H13NO/c17-15(12-6-7-12)8-5-11-9-13-3-1-2-4-14(13)16-10-11/h1-5,8-10,12H,6-7H2/b8-5+. The summed E-state index contributed by atoms with van der Waals surface area (Å²) in [4.78, 5) is 15.9. The second-order valence-corrected chi connectivity index (χ2v) is 4.47. The van der Waals surface area contributed by atoms with E-state index in [0.717, 1.165) is 29.3 Å². The van der Waals surface area contributed by atoms with Crippen molar-refractivity contribution < 1.29 is 4.79 Å². The Labute approximate surface area is 100.0 Å². The van der Waals surface area contributed by atoms with Gasteiger partial charge in [0, 0.05) is 17.5 Å². The molecule has 1 heterocycles. The molecule has 1 aliphatic rings. The fraction of sp³-hybridized carbons (Fsp3) is 0.200. The van der Waals surface area contributed by atoms with Crippen LogP contribution in [0.25, 0.3) is 17.0 Å². The first-order valence-electron chi connectivity index (χ1n) is 5.90. The van der Waals surface area contributed by atoms with Crippen LogP contribution in [0.1, 0.15) is 18.4 Å². The van der Waals surface area contributed by atoms with Crippen molar-refractivity contribution in [3.05, 3.63) is 48.2 Å². The summed E-state index contributed by atoms with van der Waals surface area (Å²) in [6, 6.07) is 10.0. The number of benzene rings is 1. The van der Waals surface area contributed by atoms with Gasteiger partial charge >= 0.3 is 0 Å². The predicted molar refractivity (Wildman–Crippen MR) is 68.5 cm³/mol. The van der Waals surface area contributed by atoms with Gasteiger partial charge in [0.1, 0.15) is 0 Å². The van der Waals surface area contributed by atoms with Crippen LogP contribution in [0.15, 0.2) is 42.6 Å². The summed E-state index contributed by atoms with van der Waals surface area (Å²) in [5.41, 5.74) is 1.97. The van der Waals surface area contributed by atoms with Gasteiger partial charge in [0.15, 0.2) is 5.78 Å². The highest BCUT2D eigenvalue weighted by Crippen LogP contribution is 2.30. The second kappa shape index (κ2) is 4.13. The summed E-state index contributed by atoms with van der Waals surface area (Å²) in [5, 5.41) is 1.11. The van der Waals surface area contributed by atoms with E-state index < -0.39 is 0 Å². The van der Waals surface area contributed by atoms with Gasteiger partial charge in [-0.3, -0.25) is 9.78 Å². The van der Waals surface area contributed by atoms with E-state index in [2.05, 4.69) is 11.1 Å². The van der Waals surface area contributed by atoms with E-state index in [9.17, 15) is 4.79 Å². The number of para-hydroxylation sites is 1. The number of rotatable bonds is 3. The molecule has 2 aromatic rings. The van der Waals surface area contributed by atoms with Gasteiger partial charge in [-0.2, -0.15) is 0 Å². The molecule has 1 fully saturated rings. The summed E-state index contributed by atoms with van der Waals surface area (Å²) in [6.07, 6.45) is 7.46. The van der Waals surface area contributed by atoms with Crippen molar-refractivity contribution in [2.24, 2.45) is 5.92 Å². The first-order chi connectivity index (χ1) is 8.33. The third-order valence-electron chi connectivity index (χ3n) is 3.03. The van der Waals surface area contributed by atoms with Gasteiger partial charge in [-0.15, -0.1) is 0 Å². The van der Waals surface area contributed by atoms with E-state index in [1.54, 1.807) is 12.3 Å². The molecule has 0 amide bonds. The van der Waals surface area contributed by atoms with Crippen LogP contribution in [0.4, 0.5) is 0 Å². The normalized spacial score (nSPS) is 15.5. The Bertz CT molecular complexity index is 597. The maximum Gasteiger partial charge on any atom is 0.158 e. The van der Waals surface area contributed by atoms with Crippen LogP contribution in [-0.2, 0) is 4.79 Å². The minimum Gasteiger partial charge on any atom is -0.295 e. The molecule has 0 saturated heterocycles. The number of carbonyl (C=O) groups is 1. The van der Waals surface area contributed by atoms with E-state index in [4.69, 9.17) is 0 Å². The summed E-state index contributed by atoms with van der Waals surface area (Å²) < 4.78 is 0. The highest BCUT2D eigenvalue weighted by atomic mass is 16.1. The molecule has 2 heteroatoms. The summed E-state index contributed by atoms with van der Waals surface area (Å²) in [6.45, 7) is 0. The molecular formula is C15H13NO. The number of ketones is 1. The third kappa shape index (κ3) is 2.26. The van der Waals surface area contributed by atoms with Crippen molar-refractivity contribution in [1.82, 2.24) is 4.98 Å². The van der Waals surface area contributed by atoms with E-state index in [0.29, 0.717) is 5.92 Å². The Hall–Kier alpha value is -1.96. The first-order valence-corrected chi connectivity index (χ1v) is 5.90. The number of nitrogens with zero attached hydrogens (tertiary/aromatic N) is 1. The molecule has 0 spiro atoms. The van der Waals surface area contributed by atoms with E-state index in [1.165, 1.54) is 0 Å². The molecule has 2 nitrogen and oxygen atoms in total. The molecule has 1 saturated carbocycles. The van der Waals surface area contributed by atoms with Gasteiger partial charge < -0.3 is 0 Å². The SMILES string of the molecule is O=C(/C=C/c1cnc2ccccc2c1)C1CC1. The molecule has 0 atom stereocenters. The molecule has 1 aromatic carbocycles. The lowest BCUT2D eigenvalue weighted by molar-refractivity contribution is -0.115. The van der Waals surface area contributed by atoms with E-state index in [1.807, 2.05) is 30.3 Å². The zero-order valence-corrected chi connectivity index (χ0v) is 9.47. The summed E-state index contributed by atoms with van der Waals surface area (Å²) in [7, 11) is 0. The lowest BCUT2D eigenvalue weighted by atomic mass is 10.1. The Morgan fingerprint density at radius 1 is 1.29 bits per heavy atom. The number of hydrogen-bond donors (Lipinski definition) is 0. The maximum atomic E-state index is 11.5. The second-order valence-electron chi connectivity index (χ2n) is 4.47. The molecule has 1 aliphatic carbocycles. The third-order valence-corrected chi connectivity index (χ3v) is 3.03. The minimum absolute atomic E-state index is 0.248. The quantitative estimate of drug-likeness (QED) is 0.748. The van der Waals surface area contributed by atoms with Gasteiger partial charge in [0.25, 0.3) is 0 Å². The Morgan fingerprint density at radius 2 is 2.12 bits per heavy atom. The van der Waals surface area contributed by atoms with Gasteiger partial charge in [0.2, 0.25) is 0 Å². The van der Waals surface area contributed by atoms with Crippen LogP contribution in [0.3, 0.4) is 0 Å². The molecule has 1 aromatic heterocycles. The van der Waals surface area contributed by atoms with Gasteiger partial charge in [0.05, 0.1) is 5.52 Å². The predicted octanol–water partition coefficient (Wildman–Crippen LogP) is 3.23. The van der Waals surface area contributed by atoms with Gasteiger partial charge in [-0.25, -0.2) is 0 Å². The molecule has 3 rings (SSSR count). The van der Waals surface area contributed by atoms with Crippen molar-refractivity contribution in [3.63, 3.8) is 0 Å². The van der Waals surface area contributed by atoms with Crippen molar-refractivity contribution in [2.45, 2.75) is 12.8 Å². The van der Waals surface area contributed by atoms with Crippen LogP contribution in [-0.4, -0.2) is 10.8 Å². The van der Waals surface area contributed by atoms with Crippen molar-refractivity contribution in [3.8, 4) is 0 Å². The van der Waals surface area contributed by atoms with Crippen molar-refractivity contribution >= 4 is 22.8 Å². The van der Waals surface area contributed by atoms with Crippen molar-refractivity contribution in [2.75, 3.05) is 0 Å². The first kappa shape index (κ1) is 10.2. The van der Waals surface area contributed by atoms with Crippen LogP contribution < -0.4 is 0 Å². The number of hydrogen-bond acceptors (Lipinski definition) is 2. The highest BCUT2D eigenvalue weighted by molar-refractivity contribution is 5.97. The highest BCUT2D eigenvalue weighted by Gasteiger charge is 2.27. The van der Waals surface area contributed by atoms with Crippen LogP contribution in [0, 0.1) is 5.92 Å². The Balaban J connectivity index is 1.87. The van der Waals surface area contributed by atoms with Gasteiger partial charge in [-0.1, -0.05) is 18.2 Å². The number of aromatic nitrogens is 1. The number of fused-ring (bicyclic) bond motifs is 1.